The van der Waals surface area contributed by atoms with Gasteiger partial charge in [-0.15, -0.1) is 0 Å². The van der Waals surface area contributed by atoms with Crippen LogP contribution in [0.3, 0.4) is 0 Å². The van der Waals surface area contributed by atoms with Crippen LogP contribution >= 0.6 is 27.5 Å². The van der Waals surface area contributed by atoms with Crippen molar-refractivity contribution in [2.45, 2.75) is 50.4 Å². The Morgan fingerprint density at radius 2 is 1.95 bits per heavy atom. The van der Waals surface area contributed by atoms with Gasteiger partial charge in [-0.3, -0.25) is 0 Å². The minimum absolute atomic E-state index is 0.675. The number of anilines is 1. The molecule has 0 spiro atoms. The Hall–Kier alpha value is -0.210. The van der Waals surface area contributed by atoms with Gasteiger partial charge >= 0.3 is 0 Å². The van der Waals surface area contributed by atoms with Gasteiger partial charge in [-0.25, -0.2) is 0 Å². The molecular weight excluding hydrogens is 322 g/mol. The van der Waals surface area contributed by atoms with Crippen LogP contribution in [-0.4, -0.2) is 13.1 Å². The number of alkyl halides is 1. The molecule has 19 heavy (non-hydrogen) atoms. The van der Waals surface area contributed by atoms with Crippen LogP contribution in [0.15, 0.2) is 18.2 Å². The number of halogens is 2. The number of hydrogen-bond donors (Lipinski definition) is 0. The summed E-state index contributed by atoms with van der Waals surface area (Å²) in [5.41, 5.74) is 2.41. The predicted octanol–water partition coefficient (Wildman–Crippen LogP) is 5.64. The van der Waals surface area contributed by atoms with Gasteiger partial charge in [-0.1, -0.05) is 46.9 Å². The highest BCUT2D eigenvalue weighted by atomic mass is 79.9. The van der Waals surface area contributed by atoms with Crippen LogP contribution in [0.1, 0.15) is 44.6 Å². The molecule has 0 atom stereocenters. The minimum atomic E-state index is 0.675. The number of hydrogen-bond acceptors (Lipinski definition) is 1. The van der Waals surface area contributed by atoms with Gasteiger partial charge in [0.05, 0.1) is 0 Å². The Labute approximate surface area is 130 Å². The first-order valence-corrected chi connectivity index (χ1v) is 8.72. The number of benzene rings is 1. The summed E-state index contributed by atoms with van der Waals surface area (Å²) >= 11 is 9.76. The second-order valence-electron chi connectivity index (χ2n) is 5.60. The van der Waals surface area contributed by atoms with Crippen molar-refractivity contribution in [3.05, 3.63) is 28.8 Å². The van der Waals surface area contributed by atoms with Crippen molar-refractivity contribution in [1.29, 1.82) is 0 Å². The Morgan fingerprint density at radius 3 is 2.47 bits per heavy atom. The lowest BCUT2D eigenvalue weighted by Crippen LogP contribution is -2.35. The molecule has 2 rings (SSSR count). The second-order valence-corrected chi connectivity index (χ2v) is 6.57. The summed E-state index contributed by atoms with van der Waals surface area (Å²) < 4.78 is 0. The quantitative estimate of drug-likeness (QED) is 0.639. The van der Waals surface area contributed by atoms with Crippen molar-refractivity contribution < 1.29 is 0 Å². The average Bonchev–Trinajstić information content (AvgIpc) is 2.46. The summed E-state index contributed by atoms with van der Waals surface area (Å²) in [5, 5.41) is 1.68. The monoisotopic (exact) mass is 343 g/mol. The highest BCUT2D eigenvalue weighted by Gasteiger charge is 2.23. The first kappa shape index (κ1) is 15.2. The molecule has 3 heteroatoms. The maximum absolute atomic E-state index is 6.30. The van der Waals surface area contributed by atoms with E-state index in [9.17, 15) is 0 Å². The van der Waals surface area contributed by atoms with Crippen molar-refractivity contribution >= 4 is 33.2 Å². The van der Waals surface area contributed by atoms with Gasteiger partial charge in [0.1, 0.15) is 0 Å². The zero-order chi connectivity index (χ0) is 13.8. The van der Waals surface area contributed by atoms with Gasteiger partial charge < -0.3 is 4.90 Å². The van der Waals surface area contributed by atoms with Crippen molar-refractivity contribution in [3.63, 3.8) is 0 Å². The normalized spacial score (nSPS) is 23.4. The molecule has 1 fully saturated rings. The van der Waals surface area contributed by atoms with Crippen LogP contribution in [0, 0.1) is 5.92 Å². The molecule has 1 saturated carbocycles. The maximum atomic E-state index is 6.30. The molecule has 1 aliphatic rings. The zero-order valence-corrected chi connectivity index (χ0v) is 14.2. The standard InChI is InChI=1S/C16H23BrClN/c1-3-12-4-7-14(8-5-12)19(2)15-9-6-13(11-17)16(18)10-15/h6,9-10,12,14H,3-5,7-8,11H2,1-2H3. The molecule has 0 N–H and O–H groups in total. The molecule has 1 nitrogen and oxygen atoms in total. The van der Waals surface area contributed by atoms with Crippen LogP contribution in [0.2, 0.25) is 5.02 Å². The molecule has 0 radical (unpaired) electrons. The molecule has 0 bridgehead atoms. The van der Waals surface area contributed by atoms with E-state index in [2.05, 4.69) is 53.0 Å². The van der Waals surface area contributed by atoms with Gasteiger partial charge in [0.15, 0.2) is 0 Å². The molecule has 0 aromatic heterocycles. The van der Waals surface area contributed by atoms with E-state index in [1.165, 1.54) is 37.8 Å². The van der Waals surface area contributed by atoms with Gasteiger partial charge in [-0.05, 0) is 49.3 Å². The van der Waals surface area contributed by atoms with Gasteiger partial charge in [0.2, 0.25) is 0 Å². The smallest absolute Gasteiger partial charge is 0.0467 e. The zero-order valence-electron chi connectivity index (χ0n) is 11.8. The highest BCUT2D eigenvalue weighted by molar-refractivity contribution is 9.08. The van der Waals surface area contributed by atoms with E-state index in [1.807, 2.05) is 0 Å². The molecule has 1 aromatic rings. The summed E-state index contributed by atoms with van der Waals surface area (Å²) in [4.78, 5) is 2.41. The SMILES string of the molecule is CCC1CCC(N(C)c2ccc(CBr)c(Cl)c2)CC1. The number of rotatable bonds is 4. The predicted molar refractivity (Wildman–Crippen MR) is 88.5 cm³/mol. The summed E-state index contributed by atoms with van der Waals surface area (Å²) in [7, 11) is 2.20. The third-order valence-electron chi connectivity index (χ3n) is 4.53. The van der Waals surface area contributed by atoms with Crippen molar-refractivity contribution in [2.24, 2.45) is 5.92 Å². The Kier molecular flexibility index (Phi) is 5.58. The Bertz CT molecular complexity index is 413. The topological polar surface area (TPSA) is 3.24 Å². The lowest BCUT2D eigenvalue weighted by Gasteiger charge is -2.36. The van der Waals surface area contributed by atoms with Crippen LogP contribution in [0.25, 0.3) is 0 Å². The van der Waals surface area contributed by atoms with E-state index < -0.39 is 0 Å². The van der Waals surface area contributed by atoms with Gasteiger partial charge in [0.25, 0.3) is 0 Å². The summed E-state index contributed by atoms with van der Waals surface area (Å²) in [6.45, 7) is 2.31. The van der Waals surface area contributed by atoms with Crippen molar-refractivity contribution in [1.82, 2.24) is 0 Å². The molecule has 0 heterocycles. The largest absolute Gasteiger partial charge is 0.372 e. The van der Waals surface area contributed by atoms with Crippen LogP contribution < -0.4 is 4.90 Å². The average molecular weight is 345 g/mol. The highest BCUT2D eigenvalue weighted by Crippen LogP contribution is 2.32. The fourth-order valence-corrected chi connectivity index (χ4v) is 3.91. The van der Waals surface area contributed by atoms with E-state index in [1.54, 1.807) is 0 Å². The molecule has 1 aliphatic carbocycles. The van der Waals surface area contributed by atoms with Gasteiger partial charge in [-0.2, -0.15) is 0 Å². The molecular formula is C16H23BrClN. The van der Waals surface area contributed by atoms with E-state index in [0.717, 1.165) is 21.8 Å². The molecule has 1 aromatic carbocycles. The lowest BCUT2D eigenvalue weighted by atomic mass is 9.84. The maximum Gasteiger partial charge on any atom is 0.0467 e. The first-order valence-electron chi connectivity index (χ1n) is 7.23. The lowest BCUT2D eigenvalue weighted by molar-refractivity contribution is 0.313. The number of nitrogens with zero attached hydrogens (tertiary/aromatic N) is 1. The molecule has 0 saturated heterocycles. The van der Waals surface area contributed by atoms with Crippen molar-refractivity contribution in [3.8, 4) is 0 Å². The fraction of sp³-hybridized carbons (Fsp3) is 0.625. The van der Waals surface area contributed by atoms with Crippen LogP contribution in [0.4, 0.5) is 5.69 Å². The Morgan fingerprint density at radius 1 is 1.26 bits per heavy atom. The fourth-order valence-electron chi connectivity index (χ4n) is 3.02. The van der Waals surface area contributed by atoms with E-state index in [4.69, 9.17) is 11.6 Å². The van der Waals surface area contributed by atoms with Crippen LogP contribution in [0.5, 0.6) is 0 Å². The summed E-state index contributed by atoms with van der Waals surface area (Å²) in [6.07, 6.45) is 6.71. The Balaban J connectivity index is 2.03. The molecule has 0 aliphatic heterocycles. The molecule has 0 amide bonds. The summed E-state index contributed by atoms with van der Waals surface area (Å²) in [5.74, 6) is 0.948. The summed E-state index contributed by atoms with van der Waals surface area (Å²) in [6, 6.07) is 7.09. The minimum Gasteiger partial charge on any atom is -0.372 e. The molecule has 0 unspecified atom stereocenters. The van der Waals surface area contributed by atoms with E-state index >= 15 is 0 Å². The third kappa shape index (κ3) is 3.66. The van der Waals surface area contributed by atoms with Crippen molar-refractivity contribution in [2.75, 3.05) is 11.9 Å². The van der Waals surface area contributed by atoms with Crippen LogP contribution in [-0.2, 0) is 5.33 Å². The third-order valence-corrected chi connectivity index (χ3v) is 5.49. The van der Waals surface area contributed by atoms with E-state index in [-0.39, 0.29) is 0 Å². The van der Waals surface area contributed by atoms with E-state index in [0.29, 0.717) is 6.04 Å². The molecule has 106 valence electrons. The second kappa shape index (κ2) is 6.99. The first-order chi connectivity index (χ1) is 9.15. The van der Waals surface area contributed by atoms with Gasteiger partial charge in [0, 0.05) is 29.1 Å².